The van der Waals surface area contributed by atoms with Crippen LogP contribution in [0.2, 0.25) is 0 Å². The highest BCUT2D eigenvalue weighted by atomic mass is 15.3. The Balaban J connectivity index is 1.90. The van der Waals surface area contributed by atoms with Crippen LogP contribution in [-0.2, 0) is 0 Å². The van der Waals surface area contributed by atoms with Gasteiger partial charge in [-0.2, -0.15) is 0 Å². The van der Waals surface area contributed by atoms with Crippen LogP contribution in [0.1, 0.15) is 11.1 Å². The maximum atomic E-state index is 2.18. The lowest BCUT2D eigenvalue weighted by Crippen LogP contribution is -2.34. The number of allylic oxidation sites excluding steroid dienone is 4. The molecule has 1 nitrogen and oxygen atoms in total. The Labute approximate surface area is 134 Å². The summed E-state index contributed by atoms with van der Waals surface area (Å²) < 4.78 is 0.841. The fourth-order valence-electron chi connectivity index (χ4n) is 2.06. The lowest BCUT2D eigenvalue weighted by molar-refractivity contribution is 0.486. The van der Waals surface area contributed by atoms with Gasteiger partial charge in [-0.25, -0.2) is 0 Å². The molecule has 112 valence electrons. The monoisotopic (exact) mass is 290 g/mol. The van der Waals surface area contributed by atoms with E-state index in [1.807, 2.05) is 30.4 Å². The quantitative estimate of drug-likeness (QED) is 0.526. The van der Waals surface area contributed by atoms with Gasteiger partial charge in [-0.3, -0.25) is 4.48 Å². The van der Waals surface area contributed by atoms with Gasteiger partial charge in [0, 0.05) is 0 Å². The van der Waals surface area contributed by atoms with Crippen molar-refractivity contribution in [2.75, 3.05) is 21.1 Å². The second kappa shape index (κ2) is 7.58. The third-order valence-electron chi connectivity index (χ3n) is 3.38. The first-order chi connectivity index (χ1) is 10.6. The van der Waals surface area contributed by atoms with Crippen LogP contribution >= 0.6 is 0 Å². The molecule has 0 amide bonds. The van der Waals surface area contributed by atoms with Crippen LogP contribution in [0.15, 0.2) is 78.9 Å². The van der Waals surface area contributed by atoms with E-state index >= 15 is 0 Å². The number of quaternary nitrogens is 1. The van der Waals surface area contributed by atoms with E-state index in [0.717, 1.165) is 4.48 Å². The van der Waals surface area contributed by atoms with Gasteiger partial charge < -0.3 is 0 Å². The summed E-state index contributed by atoms with van der Waals surface area (Å²) in [6.45, 7) is 0. The lowest BCUT2D eigenvalue weighted by atomic mass is 10.1. The van der Waals surface area contributed by atoms with Crippen molar-refractivity contribution in [3.05, 3.63) is 90.0 Å². The second-order valence-corrected chi connectivity index (χ2v) is 6.12. The molecule has 0 aliphatic rings. The second-order valence-electron chi connectivity index (χ2n) is 6.12. The average Bonchev–Trinajstić information content (AvgIpc) is 2.51. The van der Waals surface area contributed by atoms with Gasteiger partial charge in [-0.1, -0.05) is 66.8 Å². The SMILES string of the molecule is C[N+](C)(C)c1ccc(C=CC=CC=Cc2ccccc2)cc1. The maximum Gasteiger partial charge on any atom is 0.132 e. The molecule has 0 saturated carbocycles. The summed E-state index contributed by atoms with van der Waals surface area (Å²) in [5.74, 6) is 0. The molecule has 0 aliphatic carbocycles. The van der Waals surface area contributed by atoms with Gasteiger partial charge in [-0.05, 0) is 35.4 Å². The van der Waals surface area contributed by atoms with Crippen molar-refractivity contribution in [3.63, 3.8) is 0 Å². The van der Waals surface area contributed by atoms with Crippen LogP contribution < -0.4 is 4.48 Å². The van der Waals surface area contributed by atoms with Gasteiger partial charge in [0.25, 0.3) is 0 Å². The summed E-state index contributed by atoms with van der Waals surface area (Å²) in [6.07, 6.45) is 12.4. The van der Waals surface area contributed by atoms with Crippen molar-refractivity contribution in [3.8, 4) is 0 Å². The number of benzene rings is 2. The molecule has 0 N–H and O–H groups in total. The number of hydrogen-bond donors (Lipinski definition) is 0. The summed E-state index contributed by atoms with van der Waals surface area (Å²) in [6, 6.07) is 19.0. The third-order valence-corrected chi connectivity index (χ3v) is 3.38. The zero-order valence-corrected chi connectivity index (χ0v) is 13.6. The number of hydrogen-bond acceptors (Lipinski definition) is 0. The molecule has 0 saturated heterocycles. The van der Waals surface area contributed by atoms with E-state index in [1.54, 1.807) is 0 Å². The molecule has 0 aromatic heterocycles. The van der Waals surface area contributed by atoms with E-state index in [-0.39, 0.29) is 0 Å². The van der Waals surface area contributed by atoms with Crippen LogP contribution in [0.5, 0.6) is 0 Å². The van der Waals surface area contributed by atoms with E-state index in [0.29, 0.717) is 0 Å². The van der Waals surface area contributed by atoms with Crippen molar-refractivity contribution in [1.82, 2.24) is 4.48 Å². The first-order valence-electron chi connectivity index (χ1n) is 7.54. The molecule has 22 heavy (non-hydrogen) atoms. The van der Waals surface area contributed by atoms with Gasteiger partial charge >= 0.3 is 0 Å². The molecule has 0 spiro atoms. The molecule has 0 unspecified atom stereocenters. The fraction of sp³-hybridized carbons (Fsp3) is 0.143. The largest absolute Gasteiger partial charge is 0.298 e. The van der Waals surface area contributed by atoms with E-state index < -0.39 is 0 Å². The highest BCUT2D eigenvalue weighted by Gasteiger charge is 2.10. The third kappa shape index (κ3) is 5.19. The Morgan fingerprint density at radius 1 is 0.591 bits per heavy atom. The van der Waals surface area contributed by atoms with Crippen molar-refractivity contribution in [2.24, 2.45) is 0 Å². The summed E-state index contributed by atoms with van der Waals surface area (Å²) in [7, 11) is 6.52. The number of rotatable bonds is 5. The topological polar surface area (TPSA) is 0 Å². The smallest absolute Gasteiger partial charge is 0.132 e. The van der Waals surface area contributed by atoms with Gasteiger partial charge in [0.1, 0.15) is 5.69 Å². The Morgan fingerprint density at radius 3 is 1.59 bits per heavy atom. The summed E-state index contributed by atoms with van der Waals surface area (Å²) in [5.41, 5.74) is 3.74. The highest BCUT2D eigenvalue weighted by Crippen LogP contribution is 2.17. The summed E-state index contributed by atoms with van der Waals surface area (Å²) >= 11 is 0. The summed E-state index contributed by atoms with van der Waals surface area (Å²) in [4.78, 5) is 0. The number of nitrogens with zero attached hydrogens (tertiary/aromatic N) is 1. The molecule has 0 radical (unpaired) electrons. The van der Waals surface area contributed by atoms with Crippen LogP contribution in [0.25, 0.3) is 12.2 Å². The van der Waals surface area contributed by atoms with Crippen molar-refractivity contribution < 1.29 is 0 Å². The predicted octanol–water partition coefficient (Wildman–Crippen LogP) is 5.17. The normalized spacial score (nSPS) is 12.7. The Bertz CT molecular complexity index is 653. The minimum Gasteiger partial charge on any atom is -0.298 e. The van der Waals surface area contributed by atoms with Crippen molar-refractivity contribution in [2.45, 2.75) is 0 Å². The molecular weight excluding hydrogens is 266 g/mol. The van der Waals surface area contributed by atoms with Gasteiger partial charge in [0.05, 0.1) is 21.1 Å². The predicted molar refractivity (Wildman–Crippen MR) is 99.7 cm³/mol. The zero-order valence-electron chi connectivity index (χ0n) is 13.6. The average molecular weight is 290 g/mol. The van der Waals surface area contributed by atoms with E-state index in [4.69, 9.17) is 0 Å². The van der Waals surface area contributed by atoms with Crippen molar-refractivity contribution >= 4 is 17.8 Å². The molecular formula is C21H24N+. The highest BCUT2D eigenvalue weighted by molar-refractivity contribution is 5.56. The van der Waals surface area contributed by atoms with Crippen LogP contribution in [0.4, 0.5) is 5.69 Å². The van der Waals surface area contributed by atoms with E-state index in [2.05, 4.69) is 81.8 Å². The van der Waals surface area contributed by atoms with Gasteiger partial charge in [0.2, 0.25) is 0 Å². The molecule has 2 rings (SSSR count). The molecule has 1 heteroatoms. The fourth-order valence-corrected chi connectivity index (χ4v) is 2.06. The molecule has 0 atom stereocenters. The first-order valence-corrected chi connectivity index (χ1v) is 7.54. The van der Waals surface area contributed by atoms with Crippen molar-refractivity contribution in [1.29, 1.82) is 0 Å². The van der Waals surface area contributed by atoms with Gasteiger partial charge in [-0.15, -0.1) is 0 Å². The van der Waals surface area contributed by atoms with Crippen LogP contribution in [0, 0.1) is 0 Å². The molecule has 0 fully saturated rings. The maximum absolute atomic E-state index is 2.18. The molecule has 2 aromatic rings. The molecule has 2 aromatic carbocycles. The van der Waals surface area contributed by atoms with Gasteiger partial charge in [0.15, 0.2) is 0 Å². The Morgan fingerprint density at radius 2 is 1.09 bits per heavy atom. The molecule has 0 bridgehead atoms. The zero-order chi connectivity index (χ0) is 15.8. The van der Waals surface area contributed by atoms with E-state index in [1.165, 1.54) is 16.8 Å². The Kier molecular flexibility index (Phi) is 5.51. The Hall–Kier alpha value is -2.38. The standard InChI is InChI=1S/C21H24N/c1-22(2,3)21-17-15-20(16-18-21)14-8-5-4-7-11-19-12-9-6-10-13-19/h4-18H,1-3H3/q+1. The lowest BCUT2D eigenvalue weighted by Gasteiger charge is -2.23. The minimum absolute atomic E-state index is 0.841. The summed E-state index contributed by atoms with van der Waals surface area (Å²) in [5, 5.41) is 0. The molecule has 0 heterocycles. The van der Waals surface area contributed by atoms with Crippen LogP contribution in [-0.4, -0.2) is 21.1 Å². The van der Waals surface area contributed by atoms with E-state index in [9.17, 15) is 0 Å². The first kappa shape index (κ1) is 16.0. The minimum atomic E-state index is 0.841. The van der Waals surface area contributed by atoms with Crippen LogP contribution in [0.3, 0.4) is 0 Å². The molecule has 0 aliphatic heterocycles.